The monoisotopic (exact) mass is 340 g/mol. The summed E-state index contributed by atoms with van der Waals surface area (Å²) in [5.74, 6) is 1.99. The molecular formula is C19H24N4O2. The number of amides is 1. The standard InChI is InChI=1S/C19H24N4O2/c1-22(2)17-13-16(6-10-20-17)19(24)23-11-7-15(8-12-23)14-25-18-5-3-4-9-21-18/h3-6,9-10,13,15H,7-8,11-12,14H2,1-2H3. The number of piperidine rings is 1. The van der Waals surface area contributed by atoms with E-state index in [1.807, 2.05) is 48.2 Å². The van der Waals surface area contributed by atoms with E-state index in [1.165, 1.54) is 0 Å². The lowest BCUT2D eigenvalue weighted by Crippen LogP contribution is -2.39. The third-order valence-corrected chi connectivity index (χ3v) is 4.46. The maximum absolute atomic E-state index is 12.7. The third kappa shape index (κ3) is 4.47. The Kier molecular flexibility index (Phi) is 5.48. The summed E-state index contributed by atoms with van der Waals surface area (Å²) < 4.78 is 5.74. The summed E-state index contributed by atoms with van der Waals surface area (Å²) >= 11 is 0. The number of aromatic nitrogens is 2. The van der Waals surface area contributed by atoms with Crippen molar-refractivity contribution in [3.05, 3.63) is 48.3 Å². The minimum Gasteiger partial charge on any atom is -0.477 e. The van der Waals surface area contributed by atoms with Gasteiger partial charge in [0.25, 0.3) is 5.91 Å². The largest absolute Gasteiger partial charge is 0.477 e. The molecule has 0 aromatic carbocycles. The molecule has 0 aliphatic carbocycles. The number of hydrogen-bond donors (Lipinski definition) is 0. The number of rotatable bonds is 5. The Morgan fingerprint density at radius 1 is 1.20 bits per heavy atom. The van der Waals surface area contributed by atoms with Crippen LogP contribution in [0.15, 0.2) is 42.7 Å². The molecule has 0 saturated carbocycles. The number of carbonyl (C=O) groups excluding carboxylic acids is 1. The van der Waals surface area contributed by atoms with Crippen molar-refractivity contribution in [3.8, 4) is 5.88 Å². The van der Waals surface area contributed by atoms with E-state index in [0.717, 1.165) is 31.7 Å². The first-order chi connectivity index (χ1) is 12.1. The van der Waals surface area contributed by atoms with Crippen LogP contribution in [-0.2, 0) is 0 Å². The van der Waals surface area contributed by atoms with Crippen molar-refractivity contribution in [3.63, 3.8) is 0 Å². The van der Waals surface area contributed by atoms with Crippen LogP contribution in [0.25, 0.3) is 0 Å². The van der Waals surface area contributed by atoms with Gasteiger partial charge in [0.05, 0.1) is 6.61 Å². The smallest absolute Gasteiger partial charge is 0.254 e. The first-order valence-electron chi connectivity index (χ1n) is 8.60. The van der Waals surface area contributed by atoms with Gasteiger partial charge in [-0.25, -0.2) is 9.97 Å². The zero-order valence-electron chi connectivity index (χ0n) is 14.8. The second-order valence-corrected chi connectivity index (χ2v) is 6.51. The highest BCUT2D eigenvalue weighted by atomic mass is 16.5. The fourth-order valence-corrected chi connectivity index (χ4v) is 2.92. The Bertz CT molecular complexity index is 698. The normalized spacial score (nSPS) is 15.0. The first-order valence-corrected chi connectivity index (χ1v) is 8.60. The summed E-state index contributed by atoms with van der Waals surface area (Å²) in [6, 6.07) is 9.28. The molecular weight excluding hydrogens is 316 g/mol. The second kappa shape index (κ2) is 7.96. The molecule has 1 saturated heterocycles. The van der Waals surface area contributed by atoms with Gasteiger partial charge in [0.2, 0.25) is 5.88 Å². The summed E-state index contributed by atoms with van der Waals surface area (Å²) in [4.78, 5) is 25.0. The van der Waals surface area contributed by atoms with Crippen LogP contribution in [0.5, 0.6) is 5.88 Å². The van der Waals surface area contributed by atoms with Crippen molar-refractivity contribution in [1.29, 1.82) is 0 Å². The minimum absolute atomic E-state index is 0.0783. The number of pyridine rings is 2. The average Bonchev–Trinajstić information content (AvgIpc) is 2.67. The van der Waals surface area contributed by atoms with Gasteiger partial charge in [-0.05, 0) is 37.0 Å². The molecule has 25 heavy (non-hydrogen) atoms. The molecule has 6 heteroatoms. The fourth-order valence-electron chi connectivity index (χ4n) is 2.92. The summed E-state index contributed by atoms with van der Waals surface area (Å²) in [6.45, 7) is 2.17. The van der Waals surface area contributed by atoms with Gasteiger partial charge in [-0.15, -0.1) is 0 Å². The molecule has 3 heterocycles. The van der Waals surface area contributed by atoms with E-state index in [4.69, 9.17) is 4.74 Å². The summed E-state index contributed by atoms with van der Waals surface area (Å²) in [7, 11) is 3.84. The number of ether oxygens (including phenoxy) is 1. The maximum Gasteiger partial charge on any atom is 0.254 e. The Balaban J connectivity index is 1.51. The topological polar surface area (TPSA) is 58.6 Å². The molecule has 0 N–H and O–H groups in total. The predicted molar refractivity (Wildman–Crippen MR) is 96.9 cm³/mol. The van der Waals surface area contributed by atoms with Crippen molar-refractivity contribution in [2.45, 2.75) is 12.8 Å². The maximum atomic E-state index is 12.7. The molecule has 0 radical (unpaired) electrons. The zero-order valence-corrected chi connectivity index (χ0v) is 14.8. The van der Waals surface area contributed by atoms with Gasteiger partial charge in [0, 0.05) is 51.2 Å². The summed E-state index contributed by atoms with van der Waals surface area (Å²) in [5.41, 5.74) is 0.696. The van der Waals surface area contributed by atoms with Gasteiger partial charge in [0.15, 0.2) is 0 Å². The van der Waals surface area contributed by atoms with Gasteiger partial charge >= 0.3 is 0 Å². The molecule has 1 aliphatic heterocycles. The van der Waals surface area contributed by atoms with Crippen LogP contribution in [0.1, 0.15) is 23.2 Å². The Morgan fingerprint density at radius 2 is 2.00 bits per heavy atom. The Labute approximate surface area is 148 Å². The number of hydrogen-bond acceptors (Lipinski definition) is 5. The summed E-state index contributed by atoms with van der Waals surface area (Å²) in [5, 5.41) is 0. The molecule has 6 nitrogen and oxygen atoms in total. The van der Waals surface area contributed by atoms with Gasteiger partial charge in [-0.3, -0.25) is 4.79 Å². The van der Waals surface area contributed by atoms with Crippen molar-refractivity contribution in [2.75, 3.05) is 38.7 Å². The molecule has 0 spiro atoms. The van der Waals surface area contributed by atoms with E-state index < -0.39 is 0 Å². The number of likely N-dealkylation sites (tertiary alicyclic amines) is 1. The van der Waals surface area contributed by atoms with Gasteiger partial charge in [-0.2, -0.15) is 0 Å². The lowest BCUT2D eigenvalue weighted by Gasteiger charge is -2.32. The number of anilines is 1. The van der Waals surface area contributed by atoms with Crippen molar-refractivity contribution in [1.82, 2.24) is 14.9 Å². The highest BCUT2D eigenvalue weighted by Gasteiger charge is 2.24. The van der Waals surface area contributed by atoms with Crippen LogP contribution in [0, 0.1) is 5.92 Å². The number of carbonyl (C=O) groups is 1. The molecule has 2 aromatic rings. The van der Waals surface area contributed by atoms with Gasteiger partial charge < -0.3 is 14.5 Å². The fraction of sp³-hybridized carbons (Fsp3) is 0.421. The number of nitrogens with zero attached hydrogens (tertiary/aromatic N) is 4. The van der Waals surface area contributed by atoms with Crippen LogP contribution < -0.4 is 9.64 Å². The van der Waals surface area contributed by atoms with Crippen molar-refractivity contribution < 1.29 is 9.53 Å². The second-order valence-electron chi connectivity index (χ2n) is 6.51. The van der Waals surface area contributed by atoms with Crippen molar-refractivity contribution >= 4 is 11.7 Å². The first kappa shape index (κ1) is 17.2. The van der Waals surface area contributed by atoms with E-state index in [-0.39, 0.29) is 5.91 Å². The molecule has 1 fully saturated rings. The van der Waals surface area contributed by atoms with Gasteiger partial charge in [0.1, 0.15) is 5.82 Å². The Hall–Kier alpha value is -2.63. The highest BCUT2D eigenvalue weighted by molar-refractivity contribution is 5.94. The predicted octanol–water partition coefficient (Wildman–Crippen LogP) is 2.47. The molecule has 0 atom stereocenters. The van der Waals surface area contributed by atoms with E-state index >= 15 is 0 Å². The molecule has 1 aliphatic rings. The molecule has 2 aromatic heterocycles. The third-order valence-electron chi connectivity index (χ3n) is 4.46. The summed E-state index contributed by atoms with van der Waals surface area (Å²) in [6.07, 6.45) is 5.32. The molecule has 132 valence electrons. The SMILES string of the molecule is CN(C)c1cc(C(=O)N2CCC(COc3ccccn3)CC2)ccn1. The van der Waals surface area contributed by atoms with E-state index in [0.29, 0.717) is 24.0 Å². The quantitative estimate of drug-likeness (QED) is 0.837. The highest BCUT2D eigenvalue weighted by Crippen LogP contribution is 2.21. The average molecular weight is 340 g/mol. The van der Waals surface area contributed by atoms with Gasteiger partial charge in [-0.1, -0.05) is 6.07 Å². The van der Waals surface area contributed by atoms with E-state index in [1.54, 1.807) is 18.5 Å². The van der Waals surface area contributed by atoms with E-state index in [2.05, 4.69) is 9.97 Å². The Morgan fingerprint density at radius 3 is 2.68 bits per heavy atom. The van der Waals surface area contributed by atoms with Crippen LogP contribution in [0.4, 0.5) is 5.82 Å². The molecule has 1 amide bonds. The molecule has 0 bridgehead atoms. The lowest BCUT2D eigenvalue weighted by molar-refractivity contribution is 0.0659. The van der Waals surface area contributed by atoms with Crippen molar-refractivity contribution in [2.24, 2.45) is 5.92 Å². The van der Waals surface area contributed by atoms with Crippen LogP contribution in [-0.4, -0.2) is 54.6 Å². The van der Waals surface area contributed by atoms with Crippen LogP contribution in [0.3, 0.4) is 0 Å². The molecule has 0 unspecified atom stereocenters. The minimum atomic E-state index is 0.0783. The van der Waals surface area contributed by atoms with Crippen LogP contribution >= 0.6 is 0 Å². The zero-order chi connectivity index (χ0) is 17.6. The lowest BCUT2D eigenvalue weighted by atomic mass is 9.97. The molecule has 3 rings (SSSR count). The van der Waals surface area contributed by atoms with Crippen LogP contribution in [0.2, 0.25) is 0 Å². The van der Waals surface area contributed by atoms with E-state index in [9.17, 15) is 4.79 Å².